The van der Waals surface area contributed by atoms with Crippen molar-refractivity contribution >= 4 is 35.4 Å². The van der Waals surface area contributed by atoms with Crippen LogP contribution in [0.2, 0.25) is 5.02 Å². The van der Waals surface area contributed by atoms with Crippen molar-refractivity contribution in [3.8, 4) is 28.6 Å². The van der Waals surface area contributed by atoms with Crippen LogP contribution in [0.1, 0.15) is 5.56 Å². The summed E-state index contributed by atoms with van der Waals surface area (Å²) in [5.41, 5.74) is 1.16. The molecule has 0 radical (unpaired) electrons. The Balaban J connectivity index is 1.94. The van der Waals surface area contributed by atoms with Gasteiger partial charge in [0.05, 0.1) is 26.9 Å². The lowest BCUT2D eigenvalue weighted by atomic mass is 10.1. The van der Waals surface area contributed by atoms with E-state index < -0.39 is 5.97 Å². The second kappa shape index (κ2) is 9.55. The fourth-order valence-corrected chi connectivity index (χ4v) is 3.47. The van der Waals surface area contributed by atoms with E-state index in [1.165, 1.54) is 27.4 Å². The highest BCUT2D eigenvalue weighted by Crippen LogP contribution is 2.34. The van der Waals surface area contributed by atoms with Crippen LogP contribution in [0.15, 0.2) is 46.5 Å². The highest BCUT2D eigenvalue weighted by Gasteiger charge is 2.17. The average molecular weight is 448 g/mol. The van der Waals surface area contributed by atoms with Crippen LogP contribution in [-0.2, 0) is 4.79 Å². The number of nitrogens with zero attached hydrogens (tertiary/aromatic N) is 2. The first-order valence-corrected chi connectivity index (χ1v) is 9.75. The van der Waals surface area contributed by atoms with Crippen LogP contribution in [0, 0.1) is 0 Å². The standard InChI is InChI=1S/C20H18ClN3O5S/c1-27-13-5-7-15(28-2)11(8-13)9-17(19(25)26)30-20-22-18(23-24-20)14-10-12(21)4-6-16(14)29-3/h4-10H,1-3H3,(H,25,26)(H,22,23,24)/b17-9-. The highest BCUT2D eigenvalue weighted by atomic mass is 35.5. The topological polar surface area (TPSA) is 107 Å². The maximum atomic E-state index is 11.8. The van der Waals surface area contributed by atoms with Gasteiger partial charge in [0.2, 0.25) is 5.16 Å². The second-order valence-electron chi connectivity index (χ2n) is 5.83. The van der Waals surface area contributed by atoms with E-state index in [0.29, 0.717) is 39.2 Å². The molecule has 0 saturated heterocycles. The zero-order valence-corrected chi connectivity index (χ0v) is 17.9. The molecule has 3 aromatic rings. The van der Waals surface area contributed by atoms with Crippen LogP contribution in [0.25, 0.3) is 17.5 Å². The number of halogens is 1. The Morgan fingerprint density at radius 1 is 1.10 bits per heavy atom. The zero-order valence-electron chi connectivity index (χ0n) is 16.3. The largest absolute Gasteiger partial charge is 0.497 e. The van der Waals surface area contributed by atoms with E-state index in [1.54, 1.807) is 36.4 Å². The number of carbonyl (C=O) groups is 1. The van der Waals surface area contributed by atoms with Crippen molar-refractivity contribution in [1.82, 2.24) is 15.2 Å². The van der Waals surface area contributed by atoms with Gasteiger partial charge in [-0.1, -0.05) is 11.6 Å². The fraction of sp³-hybridized carbons (Fsp3) is 0.150. The number of hydrogen-bond acceptors (Lipinski definition) is 7. The van der Waals surface area contributed by atoms with Gasteiger partial charge >= 0.3 is 5.97 Å². The van der Waals surface area contributed by atoms with Gasteiger partial charge < -0.3 is 19.3 Å². The minimum Gasteiger partial charge on any atom is -0.497 e. The average Bonchev–Trinajstić information content (AvgIpc) is 3.21. The van der Waals surface area contributed by atoms with Crippen LogP contribution in [0.5, 0.6) is 17.2 Å². The molecule has 0 aliphatic heterocycles. The molecule has 0 atom stereocenters. The third-order valence-corrected chi connectivity index (χ3v) is 5.13. The zero-order chi connectivity index (χ0) is 21.7. The summed E-state index contributed by atoms with van der Waals surface area (Å²) in [5, 5.41) is 17.3. The lowest BCUT2D eigenvalue weighted by Gasteiger charge is -2.08. The number of nitrogens with one attached hydrogen (secondary N) is 1. The highest BCUT2D eigenvalue weighted by molar-refractivity contribution is 8.04. The number of carboxylic acid groups (broad SMARTS) is 1. The minimum atomic E-state index is -1.13. The Morgan fingerprint density at radius 2 is 1.83 bits per heavy atom. The predicted molar refractivity (Wildman–Crippen MR) is 114 cm³/mol. The molecule has 0 aliphatic rings. The van der Waals surface area contributed by atoms with E-state index in [4.69, 9.17) is 25.8 Å². The maximum Gasteiger partial charge on any atom is 0.342 e. The number of carboxylic acids is 1. The third kappa shape index (κ3) is 4.87. The lowest BCUT2D eigenvalue weighted by Crippen LogP contribution is -1.98. The first kappa shape index (κ1) is 21.5. The van der Waals surface area contributed by atoms with Crippen LogP contribution in [0.4, 0.5) is 0 Å². The van der Waals surface area contributed by atoms with Crippen LogP contribution < -0.4 is 14.2 Å². The second-order valence-corrected chi connectivity index (χ2v) is 7.28. The van der Waals surface area contributed by atoms with Crippen molar-refractivity contribution in [2.75, 3.05) is 21.3 Å². The van der Waals surface area contributed by atoms with Gasteiger partial charge in [-0.15, -0.1) is 5.10 Å². The number of rotatable bonds is 8. The molecular weight excluding hydrogens is 430 g/mol. The summed E-state index contributed by atoms with van der Waals surface area (Å²) in [6.45, 7) is 0. The molecule has 0 aliphatic carbocycles. The summed E-state index contributed by atoms with van der Waals surface area (Å²) in [6.07, 6.45) is 1.48. The summed E-state index contributed by atoms with van der Waals surface area (Å²) in [7, 11) is 4.57. The first-order valence-electron chi connectivity index (χ1n) is 8.56. The van der Waals surface area contributed by atoms with Crippen LogP contribution in [-0.4, -0.2) is 47.6 Å². The Morgan fingerprint density at radius 3 is 2.50 bits per heavy atom. The number of thioether (sulfide) groups is 1. The van der Waals surface area contributed by atoms with E-state index >= 15 is 0 Å². The number of ether oxygens (including phenoxy) is 3. The monoisotopic (exact) mass is 447 g/mol. The maximum absolute atomic E-state index is 11.8. The Bertz CT molecular complexity index is 1100. The summed E-state index contributed by atoms with van der Waals surface area (Å²) in [4.78, 5) is 16.2. The number of aliphatic carboxylic acids is 1. The molecule has 0 saturated carbocycles. The molecule has 0 amide bonds. The van der Waals surface area contributed by atoms with Crippen molar-refractivity contribution in [3.63, 3.8) is 0 Å². The van der Waals surface area contributed by atoms with Gasteiger partial charge in [0.1, 0.15) is 22.2 Å². The molecule has 1 heterocycles. The minimum absolute atomic E-state index is 0.00478. The molecule has 0 fully saturated rings. The molecule has 0 spiro atoms. The van der Waals surface area contributed by atoms with Gasteiger partial charge in [0.25, 0.3) is 0 Å². The fourth-order valence-electron chi connectivity index (χ4n) is 2.60. The van der Waals surface area contributed by atoms with E-state index in [1.807, 2.05) is 0 Å². The first-order chi connectivity index (χ1) is 14.4. The van der Waals surface area contributed by atoms with E-state index in [0.717, 1.165) is 11.8 Å². The van der Waals surface area contributed by atoms with Gasteiger partial charge in [0.15, 0.2) is 5.82 Å². The van der Waals surface area contributed by atoms with Crippen molar-refractivity contribution in [2.24, 2.45) is 0 Å². The van der Waals surface area contributed by atoms with Crippen molar-refractivity contribution in [1.29, 1.82) is 0 Å². The van der Waals surface area contributed by atoms with Gasteiger partial charge in [-0.3, -0.25) is 5.10 Å². The number of aromatic amines is 1. The number of benzene rings is 2. The Hall–Kier alpha value is -3.17. The van der Waals surface area contributed by atoms with E-state index in [-0.39, 0.29) is 10.1 Å². The lowest BCUT2D eigenvalue weighted by molar-refractivity contribution is -0.131. The quantitative estimate of drug-likeness (QED) is 0.387. The molecule has 0 unspecified atom stereocenters. The van der Waals surface area contributed by atoms with Gasteiger partial charge in [0, 0.05) is 10.6 Å². The van der Waals surface area contributed by atoms with E-state index in [2.05, 4.69) is 15.2 Å². The molecule has 2 N–H and O–H groups in total. The molecular formula is C20H18ClN3O5S. The van der Waals surface area contributed by atoms with Crippen molar-refractivity contribution in [2.45, 2.75) is 5.16 Å². The van der Waals surface area contributed by atoms with E-state index in [9.17, 15) is 9.90 Å². The predicted octanol–water partition coefficient (Wildman–Crippen LogP) is 4.37. The summed E-state index contributed by atoms with van der Waals surface area (Å²) in [6, 6.07) is 10.2. The SMILES string of the molecule is COc1ccc(OC)c(/C=C(\Sc2n[nH]c(-c3cc(Cl)ccc3OC)n2)C(=O)O)c1. The van der Waals surface area contributed by atoms with Crippen molar-refractivity contribution in [3.05, 3.63) is 51.9 Å². The molecule has 1 aromatic heterocycles. The van der Waals surface area contributed by atoms with Gasteiger partial charge in [-0.25, -0.2) is 9.78 Å². The summed E-state index contributed by atoms with van der Waals surface area (Å²) in [5.74, 6) is 0.916. The Labute approximate surface area is 181 Å². The number of H-pyrrole nitrogens is 1. The molecule has 30 heavy (non-hydrogen) atoms. The normalized spacial score (nSPS) is 11.3. The molecule has 8 nitrogen and oxygen atoms in total. The number of aromatic nitrogens is 3. The molecule has 0 bridgehead atoms. The molecule has 2 aromatic carbocycles. The van der Waals surface area contributed by atoms with Gasteiger partial charge in [-0.05, 0) is 54.2 Å². The molecule has 3 rings (SSSR count). The third-order valence-electron chi connectivity index (χ3n) is 4.02. The molecule has 156 valence electrons. The van der Waals surface area contributed by atoms with Crippen LogP contribution in [0.3, 0.4) is 0 Å². The molecule has 10 heteroatoms. The van der Waals surface area contributed by atoms with Gasteiger partial charge in [-0.2, -0.15) is 0 Å². The summed E-state index contributed by atoms with van der Waals surface area (Å²) < 4.78 is 15.8. The number of methoxy groups -OCH3 is 3. The van der Waals surface area contributed by atoms with Crippen LogP contribution >= 0.6 is 23.4 Å². The van der Waals surface area contributed by atoms with Crippen molar-refractivity contribution < 1.29 is 24.1 Å². The number of hydrogen-bond donors (Lipinski definition) is 2. The summed E-state index contributed by atoms with van der Waals surface area (Å²) >= 11 is 6.96. The Kier molecular flexibility index (Phi) is 6.86. The smallest absolute Gasteiger partial charge is 0.342 e.